The molecule has 1 atom stereocenters. The van der Waals surface area contributed by atoms with Gasteiger partial charge in [-0.05, 0) is 53.4 Å². The first kappa shape index (κ1) is 31.0. The van der Waals surface area contributed by atoms with E-state index in [4.69, 9.17) is 14.6 Å². The normalized spacial score (nSPS) is 14.2. The second-order valence-electron chi connectivity index (χ2n) is 10.1. The molecule has 3 heterocycles. The van der Waals surface area contributed by atoms with Crippen molar-refractivity contribution in [1.82, 2.24) is 25.1 Å². The first-order chi connectivity index (χ1) is 22.5. The summed E-state index contributed by atoms with van der Waals surface area (Å²) in [7, 11) is 3.16. The predicted molar refractivity (Wildman–Crippen MR) is 174 cm³/mol. The largest absolute Gasteiger partial charge is 0.497 e. The van der Waals surface area contributed by atoms with Crippen molar-refractivity contribution in [1.29, 1.82) is 0 Å². The standard InChI is InChI=1S/C33H29FN6O4S2/c1-43-22-15-13-21(14-16-22)27-18-25(29-12-7-17-45-29)38-40(27)31(41)20-46-33-37-36-30(39(33)26-10-5-6-11-28(26)44-2)19-35-32(42)23-8-3-4-9-24(23)34/h3-17,27H,18-20H2,1-2H3,(H,35,42)/t27-/m1/s1. The fraction of sp³-hybridized carbons (Fsp3) is 0.182. The molecule has 13 heteroatoms. The molecule has 0 fully saturated rings. The van der Waals surface area contributed by atoms with Crippen LogP contribution in [-0.2, 0) is 11.3 Å². The molecule has 2 amide bonds. The Kier molecular flexibility index (Phi) is 9.41. The van der Waals surface area contributed by atoms with Crippen molar-refractivity contribution >= 4 is 40.6 Å². The summed E-state index contributed by atoms with van der Waals surface area (Å²) in [5.41, 5.74) is 2.33. The molecule has 1 aliphatic heterocycles. The highest BCUT2D eigenvalue weighted by Crippen LogP contribution is 2.36. The van der Waals surface area contributed by atoms with E-state index in [1.807, 2.05) is 60.0 Å². The summed E-state index contributed by atoms with van der Waals surface area (Å²) >= 11 is 2.78. The van der Waals surface area contributed by atoms with Crippen LogP contribution >= 0.6 is 23.1 Å². The Morgan fingerprint density at radius 2 is 1.76 bits per heavy atom. The lowest BCUT2D eigenvalue weighted by molar-refractivity contribution is -0.130. The van der Waals surface area contributed by atoms with Gasteiger partial charge in [-0.15, -0.1) is 21.5 Å². The van der Waals surface area contributed by atoms with E-state index < -0.39 is 11.7 Å². The lowest BCUT2D eigenvalue weighted by atomic mass is 10.0. The molecule has 1 aliphatic rings. The number of amides is 2. The molecule has 2 aromatic heterocycles. The van der Waals surface area contributed by atoms with Gasteiger partial charge in [-0.3, -0.25) is 14.2 Å². The van der Waals surface area contributed by atoms with Crippen LogP contribution in [0.3, 0.4) is 0 Å². The summed E-state index contributed by atoms with van der Waals surface area (Å²) in [4.78, 5) is 27.6. The van der Waals surface area contributed by atoms with Gasteiger partial charge in [0.1, 0.15) is 17.3 Å². The van der Waals surface area contributed by atoms with Gasteiger partial charge in [-0.2, -0.15) is 5.10 Å². The molecule has 3 aromatic carbocycles. The number of methoxy groups -OCH3 is 2. The van der Waals surface area contributed by atoms with E-state index in [0.717, 1.165) is 21.9 Å². The zero-order valence-corrected chi connectivity index (χ0v) is 26.6. The zero-order chi connectivity index (χ0) is 32.0. The van der Waals surface area contributed by atoms with Gasteiger partial charge in [-0.25, -0.2) is 9.40 Å². The Balaban J connectivity index is 1.26. The van der Waals surface area contributed by atoms with Crippen LogP contribution in [0.15, 0.2) is 101 Å². The molecule has 0 bridgehead atoms. The molecule has 1 N–H and O–H groups in total. The van der Waals surface area contributed by atoms with Crippen molar-refractivity contribution in [2.75, 3.05) is 20.0 Å². The van der Waals surface area contributed by atoms with Gasteiger partial charge in [0.2, 0.25) is 0 Å². The van der Waals surface area contributed by atoms with Crippen molar-refractivity contribution in [3.63, 3.8) is 0 Å². The minimum absolute atomic E-state index is 0.0166. The third-order valence-electron chi connectivity index (χ3n) is 7.35. The van der Waals surface area contributed by atoms with Gasteiger partial charge in [0.05, 0.1) is 54.4 Å². The van der Waals surface area contributed by atoms with Gasteiger partial charge in [0, 0.05) is 6.42 Å². The molecule has 5 aromatic rings. The first-order valence-corrected chi connectivity index (χ1v) is 16.1. The molecule has 46 heavy (non-hydrogen) atoms. The minimum Gasteiger partial charge on any atom is -0.497 e. The second-order valence-corrected chi connectivity index (χ2v) is 12.0. The van der Waals surface area contributed by atoms with Crippen LogP contribution < -0.4 is 14.8 Å². The lowest BCUT2D eigenvalue weighted by Crippen LogP contribution is -2.28. The Hall–Kier alpha value is -5.01. The van der Waals surface area contributed by atoms with E-state index in [9.17, 15) is 14.0 Å². The third kappa shape index (κ3) is 6.51. The lowest BCUT2D eigenvalue weighted by Gasteiger charge is -2.22. The summed E-state index contributed by atoms with van der Waals surface area (Å²) in [6, 6.07) is 24.4. The molecular formula is C33H29FN6O4S2. The van der Waals surface area contributed by atoms with Crippen LogP contribution in [0, 0.1) is 5.82 Å². The molecule has 6 rings (SSSR count). The maximum Gasteiger partial charge on any atom is 0.254 e. The molecule has 0 unspecified atom stereocenters. The Bertz CT molecular complexity index is 1880. The molecule has 0 saturated heterocycles. The van der Waals surface area contributed by atoms with Crippen LogP contribution in [-0.4, -0.2) is 57.3 Å². The molecule has 0 saturated carbocycles. The number of hydrogen-bond acceptors (Lipinski definition) is 9. The number of halogens is 1. The highest BCUT2D eigenvalue weighted by atomic mass is 32.2. The molecule has 0 radical (unpaired) electrons. The smallest absolute Gasteiger partial charge is 0.254 e. The quantitative estimate of drug-likeness (QED) is 0.177. The van der Waals surface area contributed by atoms with Crippen LogP contribution in [0.5, 0.6) is 11.5 Å². The average molecular weight is 657 g/mol. The number of benzene rings is 3. The van der Waals surface area contributed by atoms with E-state index in [-0.39, 0.29) is 29.8 Å². The Morgan fingerprint density at radius 1 is 0.978 bits per heavy atom. The first-order valence-electron chi connectivity index (χ1n) is 14.3. The van der Waals surface area contributed by atoms with Crippen LogP contribution in [0.25, 0.3) is 5.69 Å². The topological polar surface area (TPSA) is 111 Å². The summed E-state index contributed by atoms with van der Waals surface area (Å²) < 4.78 is 26.9. The number of nitrogens with zero attached hydrogens (tertiary/aromatic N) is 5. The maximum atomic E-state index is 14.2. The number of hydrogen-bond donors (Lipinski definition) is 1. The average Bonchev–Trinajstić information content (AvgIpc) is 3.87. The van der Waals surface area contributed by atoms with Crippen molar-refractivity contribution in [3.8, 4) is 17.2 Å². The van der Waals surface area contributed by atoms with E-state index in [1.165, 1.54) is 30.0 Å². The molecule has 10 nitrogen and oxygen atoms in total. The number of carbonyl (C=O) groups excluding carboxylic acids is 2. The van der Waals surface area contributed by atoms with Gasteiger partial charge in [0.15, 0.2) is 11.0 Å². The zero-order valence-electron chi connectivity index (χ0n) is 24.9. The van der Waals surface area contributed by atoms with E-state index in [1.54, 1.807) is 47.3 Å². The Morgan fingerprint density at radius 3 is 2.50 bits per heavy atom. The fourth-order valence-electron chi connectivity index (χ4n) is 5.07. The van der Waals surface area contributed by atoms with Gasteiger partial charge in [0.25, 0.3) is 11.8 Å². The van der Waals surface area contributed by atoms with E-state index in [0.29, 0.717) is 28.8 Å². The minimum atomic E-state index is -0.624. The second kappa shape index (κ2) is 14.0. The Labute approximate surface area is 272 Å². The number of carbonyl (C=O) groups is 2. The van der Waals surface area contributed by atoms with Crippen molar-refractivity contribution in [2.24, 2.45) is 5.10 Å². The van der Waals surface area contributed by atoms with E-state index >= 15 is 0 Å². The van der Waals surface area contributed by atoms with Crippen LogP contribution in [0.2, 0.25) is 0 Å². The predicted octanol–water partition coefficient (Wildman–Crippen LogP) is 5.89. The number of hydrazone groups is 1. The monoisotopic (exact) mass is 656 g/mol. The van der Waals surface area contributed by atoms with Crippen LogP contribution in [0.1, 0.15) is 39.1 Å². The highest BCUT2D eigenvalue weighted by Gasteiger charge is 2.34. The van der Waals surface area contributed by atoms with Crippen molar-refractivity contribution in [3.05, 3.63) is 118 Å². The number of para-hydroxylation sites is 2. The van der Waals surface area contributed by atoms with Crippen LogP contribution in [0.4, 0.5) is 4.39 Å². The molecule has 0 spiro atoms. The summed E-state index contributed by atoms with van der Waals surface area (Å²) in [6.45, 7) is -0.0488. The summed E-state index contributed by atoms with van der Waals surface area (Å²) in [5, 5.41) is 20.1. The number of nitrogens with one attached hydrogen (secondary N) is 1. The third-order valence-corrected chi connectivity index (χ3v) is 9.18. The van der Waals surface area contributed by atoms with Gasteiger partial charge < -0.3 is 14.8 Å². The summed E-state index contributed by atoms with van der Waals surface area (Å²) in [5.74, 6) is 0.243. The number of thiophene rings is 1. The highest BCUT2D eigenvalue weighted by molar-refractivity contribution is 7.99. The maximum absolute atomic E-state index is 14.2. The van der Waals surface area contributed by atoms with Crippen molar-refractivity contribution in [2.45, 2.75) is 24.2 Å². The number of aromatic nitrogens is 3. The number of thioether (sulfide) groups is 1. The molecule has 0 aliphatic carbocycles. The molecular weight excluding hydrogens is 628 g/mol. The number of ether oxygens (including phenoxy) is 2. The van der Waals surface area contributed by atoms with Gasteiger partial charge in [-0.1, -0.05) is 54.2 Å². The fourth-order valence-corrected chi connectivity index (χ4v) is 6.61. The number of rotatable bonds is 11. The summed E-state index contributed by atoms with van der Waals surface area (Å²) in [6.07, 6.45) is 0.576. The van der Waals surface area contributed by atoms with E-state index in [2.05, 4.69) is 15.5 Å². The van der Waals surface area contributed by atoms with Gasteiger partial charge >= 0.3 is 0 Å². The molecule has 234 valence electrons. The SMILES string of the molecule is COc1ccc([C@H]2CC(c3cccs3)=NN2C(=O)CSc2nnc(CNC(=O)c3ccccc3F)n2-c2ccccc2OC)cc1. The van der Waals surface area contributed by atoms with Crippen molar-refractivity contribution < 1.29 is 23.5 Å².